The minimum Gasteiger partial charge on any atom is -0.339 e. The number of amides is 2. The summed E-state index contributed by atoms with van der Waals surface area (Å²) in [5.74, 6) is -3.16. The van der Waals surface area contributed by atoms with E-state index in [0.717, 1.165) is 12.1 Å². The molecule has 0 spiro atoms. The van der Waals surface area contributed by atoms with E-state index >= 15 is 0 Å². The molecule has 132 valence electrons. The highest BCUT2D eigenvalue weighted by atomic mass is 35.5. The van der Waals surface area contributed by atoms with Crippen molar-refractivity contribution < 1.29 is 18.4 Å². The molecule has 0 aliphatic heterocycles. The van der Waals surface area contributed by atoms with Crippen LogP contribution in [-0.2, 0) is 0 Å². The maximum Gasteiger partial charge on any atom is 0.257 e. The fraction of sp³-hybridized carbons (Fsp3) is 0.222. The third-order valence-corrected chi connectivity index (χ3v) is 3.99. The Bertz CT molecular complexity index is 808. The molecule has 0 saturated carbocycles. The molecular weight excluding hydrogens is 350 g/mol. The van der Waals surface area contributed by atoms with Crippen molar-refractivity contribution in [3.63, 3.8) is 0 Å². The Morgan fingerprint density at radius 1 is 1.08 bits per heavy atom. The van der Waals surface area contributed by atoms with E-state index in [-0.39, 0.29) is 16.5 Å². The van der Waals surface area contributed by atoms with Crippen LogP contribution in [0.25, 0.3) is 0 Å². The van der Waals surface area contributed by atoms with Crippen molar-refractivity contribution in [2.24, 2.45) is 0 Å². The molecule has 0 radical (unpaired) electrons. The monoisotopic (exact) mass is 366 g/mol. The standard InChI is InChI=1S/C18H17ClF2N2O2/c1-3-23(4-2)18(25)11-6-5-7-12(8-11)22-17(24)13-9-15(20)16(21)10-14(13)19/h5-10H,3-4H2,1-2H3,(H,22,24). The Kier molecular flexibility index (Phi) is 6.09. The molecule has 7 heteroatoms. The summed E-state index contributed by atoms with van der Waals surface area (Å²) in [6.07, 6.45) is 0. The molecule has 0 heterocycles. The van der Waals surface area contributed by atoms with Crippen LogP contribution in [0, 0.1) is 11.6 Å². The summed E-state index contributed by atoms with van der Waals surface area (Å²) in [5, 5.41) is 2.33. The zero-order valence-electron chi connectivity index (χ0n) is 13.8. The van der Waals surface area contributed by atoms with Crippen LogP contribution in [0.4, 0.5) is 14.5 Å². The molecule has 0 aliphatic carbocycles. The van der Waals surface area contributed by atoms with Gasteiger partial charge in [0.05, 0.1) is 10.6 Å². The number of carbonyl (C=O) groups is 2. The predicted molar refractivity (Wildman–Crippen MR) is 93.0 cm³/mol. The van der Waals surface area contributed by atoms with E-state index in [1.807, 2.05) is 13.8 Å². The molecule has 4 nitrogen and oxygen atoms in total. The minimum atomic E-state index is -1.17. The van der Waals surface area contributed by atoms with E-state index < -0.39 is 17.5 Å². The van der Waals surface area contributed by atoms with Crippen LogP contribution in [0.1, 0.15) is 34.6 Å². The highest BCUT2D eigenvalue weighted by molar-refractivity contribution is 6.34. The molecule has 0 aliphatic rings. The normalized spacial score (nSPS) is 10.4. The van der Waals surface area contributed by atoms with E-state index in [1.165, 1.54) is 6.07 Å². The summed E-state index contributed by atoms with van der Waals surface area (Å²) in [5.41, 5.74) is 0.572. The van der Waals surface area contributed by atoms with E-state index in [1.54, 1.807) is 23.1 Å². The number of hydrogen-bond acceptors (Lipinski definition) is 2. The molecule has 0 fully saturated rings. The van der Waals surface area contributed by atoms with E-state index in [9.17, 15) is 18.4 Å². The van der Waals surface area contributed by atoms with Gasteiger partial charge < -0.3 is 10.2 Å². The maximum absolute atomic E-state index is 13.3. The van der Waals surface area contributed by atoms with E-state index in [4.69, 9.17) is 11.6 Å². The number of hydrogen-bond donors (Lipinski definition) is 1. The van der Waals surface area contributed by atoms with Gasteiger partial charge in [0.1, 0.15) is 0 Å². The van der Waals surface area contributed by atoms with E-state index in [0.29, 0.717) is 24.3 Å². The molecule has 2 amide bonds. The highest BCUT2D eigenvalue weighted by Gasteiger charge is 2.17. The van der Waals surface area contributed by atoms with Crippen LogP contribution in [0.2, 0.25) is 5.02 Å². The molecule has 0 saturated heterocycles. The second-order valence-electron chi connectivity index (χ2n) is 5.26. The third-order valence-electron chi connectivity index (χ3n) is 3.67. The maximum atomic E-state index is 13.3. The smallest absolute Gasteiger partial charge is 0.257 e. The van der Waals surface area contributed by atoms with Gasteiger partial charge in [0.15, 0.2) is 11.6 Å². The van der Waals surface area contributed by atoms with Crippen LogP contribution in [-0.4, -0.2) is 29.8 Å². The van der Waals surface area contributed by atoms with Gasteiger partial charge in [0.25, 0.3) is 11.8 Å². The number of halogens is 3. The van der Waals surface area contributed by atoms with Gasteiger partial charge in [-0.1, -0.05) is 17.7 Å². The van der Waals surface area contributed by atoms with Crippen LogP contribution in [0.5, 0.6) is 0 Å². The van der Waals surface area contributed by atoms with Crippen molar-refractivity contribution in [3.8, 4) is 0 Å². The van der Waals surface area contributed by atoms with E-state index in [2.05, 4.69) is 5.32 Å². The number of anilines is 1. The summed E-state index contributed by atoms with van der Waals surface area (Å²) >= 11 is 5.80. The van der Waals surface area contributed by atoms with Gasteiger partial charge in [0, 0.05) is 24.3 Å². The first-order valence-corrected chi connectivity index (χ1v) is 8.10. The average molecular weight is 367 g/mol. The van der Waals surface area contributed by atoms with Crippen LogP contribution in [0.3, 0.4) is 0 Å². The number of benzene rings is 2. The number of nitrogens with zero attached hydrogens (tertiary/aromatic N) is 1. The van der Waals surface area contributed by atoms with Gasteiger partial charge >= 0.3 is 0 Å². The second kappa shape index (κ2) is 8.07. The topological polar surface area (TPSA) is 49.4 Å². The summed E-state index contributed by atoms with van der Waals surface area (Å²) in [6, 6.07) is 7.85. The summed E-state index contributed by atoms with van der Waals surface area (Å²) in [4.78, 5) is 26.2. The van der Waals surface area contributed by atoms with Gasteiger partial charge in [-0.3, -0.25) is 9.59 Å². The zero-order chi connectivity index (χ0) is 18.6. The lowest BCUT2D eigenvalue weighted by molar-refractivity contribution is 0.0772. The Labute approximate surface area is 149 Å². The molecule has 2 aromatic rings. The van der Waals surface area contributed by atoms with Crippen molar-refractivity contribution in [3.05, 3.63) is 64.2 Å². The number of nitrogens with one attached hydrogen (secondary N) is 1. The molecular formula is C18H17ClF2N2O2. The van der Waals surface area contributed by atoms with Gasteiger partial charge in [-0.15, -0.1) is 0 Å². The predicted octanol–water partition coefficient (Wildman–Crippen LogP) is 4.35. The quantitative estimate of drug-likeness (QED) is 0.800. The molecule has 0 aromatic heterocycles. The second-order valence-corrected chi connectivity index (χ2v) is 5.67. The molecule has 0 atom stereocenters. The van der Waals surface area contributed by atoms with Gasteiger partial charge in [-0.25, -0.2) is 8.78 Å². The SMILES string of the molecule is CCN(CC)C(=O)c1cccc(NC(=O)c2cc(F)c(F)cc2Cl)c1. The molecule has 0 bridgehead atoms. The molecule has 25 heavy (non-hydrogen) atoms. The molecule has 2 rings (SSSR count). The largest absolute Gasteiger partial charge is 0.339 e. The van der Waals surface area contributed by atoms with Crippen LogP contribution in [0.15, 0.2) is 36.4 Å². The first-order chi connectivity index (χ1) is 11.9. The lowest BCUT2D eigenvalue weighted by Gasteiger charge is -2.19. The first-order valence-electron chi connectivity index (χ1n) is 7.72. The Balaban J connectivity index is 2.24. The van der Waals surface area contributed by atoms with Crippen molar-refractivity contribution in [2.45, 2.75) is 13.8 Å². The van der Waals surface area contributed by atoms with Gasteiger partial charge in [-0.05, 0) is 44.2 Å². The molecule has 0 unspecified atom stereocenters. The van der Waals surface area contributed by atoms with Crippen LogP contribution >= 0.6 is 11.6 Å². The van der Waals surface area contributed by atoms with Gasteiger partial charge in [-0.2, -0.15) is 0 Å². The third kappa shape index (κ3) is 4.33. The van der Waals surface area contributed by atoms with Crippen molar-refractivity contribution in [1.82, 2.24) is 4.90 Å². The summed E-state index contributed by atoms with van der Waals surface area (Å²) < 4.78 is 26.4. The van der Waals surface area contributed by atoms with Crippen molar-refractivity contribution in [1.29, 1.82) is 0 Å². The highest BCUT2D eigenvalue weighted by Crippen LogP contribution is 2.22. The Morgan fingerprint density at radius 2 is 1.72 bits per heavy atom. The van der Waals surface area contributed by atoms with Crippen LogP contribution < -0.4 is 5.32 Å². The number of carbonyl (C=O) groups excluding carboxylic acids is 2. The number of rotatable bonds is 5. The lowest BCUT2D eigenvalue weighted by Crippen LogP contribution is -2.30. The van der Waals surface area contributed by atoms with Gasteiger partial charge in [0.2, 0.25) is 0 Å². The Morgan fingerprint density at radius 3 is 2.36 bits per heavy atom. The summed E-state index contributed by atoms with van der Waals surface area (Å²) in [7, 11) is 0. The fourth-order valence-corrected chi connectivity index (χ4v) is 2.55. The summed E-state index contributed by atoms with van der Waals surface area (Å²) in [6.45, 7) is 4.88. The molecule has 2 aromatic carbocycles. The lowest BCUT2D eigenvalue weighted by atomic mass is 10.1. The Hall–Kier alpha value is -2.47. The molecule has 1 N–H and O–H groups in total. The van der Waals surface area contributed by atoms with Crippen molar-refractivity contribution in [2.75, 3.05) is 18.4 Å². The first kappa shape index (κ1) is 18.9. The zero-order valence-corrected chi connectivity index (χ0v) is 14.5. The fourth-order valence-electron chi connectivity index (χ4n) is 2.32. The van der Waals surface area contributed by atoms with Crippen molar-refractivity contribution >= 4 is 29.1 Å². The minimum absolute atomic E-state index is 0.160. The average Bonchev–Trinajstić information content (AvgIpc) is 2.59.